The van der Waals surface area contributed by atoms with Gasteiger partial charge in [0.2, 0.25) is 0 Å². The van der Waals surface area contributed by atoms with Gasteiger partial charge in [0.25, 0.3) is 0 Å². The van der Waals surface area contributed by atoms with Gasteiger partial charge in [0.15, 0.2) is 0 Å². The number of carboxylic acids is 1. The Labute approximate surface area is 127 Å². The molecule has 0 spiro atoms. The van der Waals surface area contributed by atoms with Crippen LogP contribution in [0.2, 0.25) is 0 Å². The number of nitrogens with two attached hydrogens (primary N) is 1. The van der Waals surface area contributed by atoms with E-state index in [0.717, 1.165) is 44.8 Å². The number of nitrogen functional groups attached to an aromatic ring is 1. The van der Waals surface area contributed by atoms with Crippen molar-refractivity contribution in [2.24, 2.45) is 0 Å². The fraction of sp³-hybridized carbons (Fsp3) is 0.562. The largest absolute Gasteiger partial charge is 0.478 e. The van der Waals surface area contributed by atoms with E-state index in [1.165, 1.54) is 6.07 Å². The molecule has 0 aliphatic carbocycles. The summed E-state index contributed by atoms with van der Waals surface area (Å²) in [5.74, 6) is -0.931. The molecule has 0 aliphatic heterocycles. The maximum Gasteiger partial charge on any atom is 0.337 e. The van der Waals surface area contributed by atoms with Crippen LogP contribution < -0.4 is 10.6 Å². The number of benzene rings is 1. The number of hydrogen-bond donors (Lipinski definition) is 2. The minimum absolute atomic E-state index is 0.277. The van der Waals surface area contributed by atoms with Crippen molar-refractivity contribution in [2.75, 3.05) is 43.4 Å². The van der Waals surface area contributed by atoms with Crippen LogP contribution >= 0.6 is 0 Å². The lowest BCUT2D eigenvalue weighted by atomic mass is 10.1. The first-order valence-electron chi connectivity index (χ1n) is 7.63. The molecule has 0 saturated heterocycles. The van der Waals surface area contributed by atoms with E-state index in [0.29, 0.717) is 5.69 Å². The second-order valence-electron chi connectivity index (χ2n) is 5.04. The Balaban J connectivity index is 2.78. The summed E-state index contributed by atoms with van der Waals surface area (Å²) in [4.78, 5) is 15.9. The fourth-order valence-electron chi connectivity index (χ4n) is 2.47. The third kappa shape index (κ3) is 4.93. The molecule has 21 heavy (non-hydrogen) atoms. The van der Waals surface area contributed by atoms with Gasteiger partial charge in [-0.3, -0.25) is 0 Å². The second kappa shape index (κ2) is 8.52. The van der Waals surface area contributed by atoms with E-state index in [1.54, 1.807) is 12.1 Å². The van der Waals surface area contributed by atoms with Gasteiger partial charge in [0.05, 0.1) is 11.3 Å². The van der Waals surface area contributed by atoms with E-state index in [9.17, 15) is 9.90 Å². The minimum Gasteiger partial charge on any atom is -0.478 e. The van der Waals surface area contributed by atoms with Gasteiger partial charge in [-0.1, -0.05) is 13.8 Å². The Bertz CT molecular complexity index is 459. The van der Waals surface area contributed by atoms with Crippen LogP contribution in [0.15, 0.2) is 18.2 Å². The molecule has 0 aliphatic rings. The molecule has 0 radical (unpaired) electrons. The molecule has 118 valence electrons. The Morgan fingerprint density at radius 2 is 1.81 bits per heavy atom. The molecule has 0 amide bonds. The third-order valence-electron chi connectivity index (χ3n) is 3.77. The van der Waals surface area contributed by atoms with Crippen molar-refractivity contribution in [1.82, 2.24) is 4.90 Å². The zero-order valence-corrected chi connectivity index (χ0v) is 13.3. The third-order valence-corrected chi connectivity index (χ3v) is 3.77. The van der Waals surface area contributed by atoms with E-state index >= 15 is 0 Å². The molecule has 5 heteroatoms. The summed E-state index contributed by atoms with van der Waals surface area (Å²) in [7, 11) is 0. The molecule has 0 unspecified atom stereocenters. The molecule has 1 rings (SSSR count). The molecule has 1 aromatic carbocycles. The summed E-state index contributed by atoms with van der Waals surface area (Å²) in [6.45, 7) is 11.1. The average Bonchev–Trinajstić information content (AvgIpc) is 2.48. The number of rotatable bonds is 9. The number of nitrogens with zero attached hydrogens (tertiary/aromatic N) is 2. The Hall–Kier alpha value is -1.75. The Morgan fingerprint density at radius 3 is 2.33 bits per heavy atom. The van der Waals surface area contributed by atoms with Crippen LogP contribution in [0.1, 0.15) is 37.6 Å². The molecule has 5 nitrogen and oxygen atoms in total. The number of carbonyl (C=O) groups is 1. The van der Waals surface area contributed by atoms with Crippen molar-refractivity contribution in [3.8, 4) is 0 Å². The van der Waals surface area contributed by atoms with Crippen molar-refractivity contribution in [2.45, 2.75) is 27.2 Å². The van der Waals surface area contributed by atoms with Crippen molar-refractivity contribution in [3.63, 3.8) is 0 Å². The van der Waals surface area contributed by atoms with E-state index in [-0.39, 0.29) is 5.56 Å². The van der Waals surface area contributed by atoms with Gasteiger partial charge in [0.1, 0.15) is 0 Å². The van der Waals surface area contributed by atoms with E-state index < -0.39 is 5.97 Å². The minimum atomic E-state index is -0.931. The molecule has 3 N–H and O–H groups in total. The molecule has 0 bridgehead atoms. The van der Waals surface area contributed by atoms with Crippen molar-refractivity contribution in [3.05, 3.63) is 23.8 Å². The molecule has 0 saturated carbocycles. The molecular formula is C16H27N3O2. The monoisotopic (exact) mass is 293 g/mol. The quantitative estimate of drug-likeness (QED) is 0.685. The SMILES string of the molecule is CCN(CC)CCCN(CC)c1ccc(N)cc1C(=O)O. The van der Waals surface area contributed by atoms with Crippen molar-refractivity contribution >= 4 is 17.3 Å². The highest BCUT2D eigenvalue weighted by molar-refractivity contribution is 5.95. The van der Waals surface area contributed by atoms with E-state index in [1.807, 2.05) is 6.92 Å². The van der Waals surface area contributed by atoms with Gasteiger partial charge in [-0.2, -0.15) is 0 Å². The lowest BCUT2D eigenvalue weighted by molar-refractivity contribution is 0.0697. The molecule has 0 fully saturated rings. The molecule has 0 heterocycles. The topological polar surface area (TPSA) is 69.8 Å². The Kier molecular flexibility index (Phi) is 7.02. The maximum atomic E-state index is 11.4. The smallest absolute Gasteiger partial charge is 0.337 e. The molecule has 0 aromatic heterocycles. The summed E-state index contributed by atoms with van der Waals surface area (Å²) in [5.41, 5.74) is 7.20. The summed E-state index contributed by atoms with van der Waals surface area (Å²) in [5, 5.41) is 9.33. The number of aromatic carboxylic acids is 1. The Morgan fingerprint density at radius 1 is 1.14 bits per heavy atom. The van der Waals surface area contributed by atoms with Gasteiger partial charge >= 0.3 is 5.97 Å². The van der Waals surface area contributed by atoms with Crippen LogP contribution in [-0.2, 0) is 0 Å². The van der Waals surface area contributed by atoms with Crippen molar-refractivity contribution in [1.29, 1.82) is 0 Å². The van der Waals surface area contributed by atoms with Gasteiger partial charge in [-0.15, -0.1) is 0 Å². The van der Waals surface area contributed by atoms with Crippen LogP contribution in [0.5, 0.6) is 0 Å². The first-order valence-corrected chi connectivity index (χ1v) is 7.63. The van der Waals surface area contributed by atoms with Crippen LogP contribution in [0.25, 0.3) is 0 Å². The number of anilines is 2. The fourth-order valence-corrected chi connectivity index (χ4v) is 2.47. The molecule has 1 aromatic rings. The maximum absolute atomic E-state index is 11.4. The lowest BCUT2D eigenvalue weighted by Crippen LogP contribution is -2.30. The standard InChI is InChI=1S/C16H27N3O2/c1-4-18(5-2)10-7-11-19(6-3)15-9-8-13(17)12-14(15)16(20)21/h8-9,12H,4-7,10-11,17H2,1-3H3,(H,20,21). The summed E-state index contributed by atoms with van der Waals surface area (Å²) >= 11 is 0. The lowest BCUT2D eigenvalue weighted by Gasteiger charge is -2.26. The molecule has 0 atom stereocenters. The van der Waals surface area contributed by atoms with E-state index in [2.05, 4.69) is 23.6 Å². The van der Waals surface area contributed by atoms with Gasteiger partial charge in [-0.05, 0) is 51.2 Å². The zero-order chi connectivity index (χ0) is 15.8. The van der Waals surface area contributed by atoms with Crippen molar-refractivity contribution < 1.29 is 9.90 Å². The predicted octanol–water partition coefficient (Wildman–Crippen LogP) is 2.53. The normalized spacial score (nSPS) is 10.9. The zero-order valence-electron chi connectivity index (χ0n) is 13.3. The summed E-state index contributed by atoms with van der Waals surface area (Å²) in [6.07, 6.45) is 1.01. The first-order chi connectivity index (χ1) is 10.0. The molecular weight excluding hydrogens is 266 g/mol. The second-order valence-corrected chi connectivity index (χ2v) is 5.04. The number of hydrogen-bond acceptors (Lipinski definition) is 4. The van der Waals surface area contributed by atoms with Crippen LogP contribution in [0.3, 0.4) is 0 Å². The van der Waals surface area contributed by atoms with Gasteiger partial charge in [-0.25, -0.2) is 4.79 Å². The van der Waals surface area contributed by atoms with Crippen LogP contribution in [0, 0.1) is 0 Å². The van der Waals surface area contributed by atoms with Crippen LogP contribution in [0.4, 0.5) is 11.4 Å². The van der Waals surface area contributed by atoms with E-state index in [4.69, 9.17) is 5.73 Å². The predicted molar refractivity (Wildman–Crippen MR) is 88.1 cm³/mol. The highest BCUT2D eigenvalue weighted by atomic mass is 16.4. The van der Waals surface area contributed by atoms with Gasteiger partial charge < -0.3 is 20.6 Å². The summed E-state index contributed by atoms with van der Waals surface area (Å²) < 4.78 is 0. The average molecular weight is 293 g/mol. The first kappa shape index (κ1) is 17.3. The number of carboxylic acid groups (broad SMARTS) is 1. The highest BCUT2D eigenvalue weighted by Crippen LogP contribution is 2.23. The van der Waals surface area contributed by atoms with Gasteiger partial charge in [0, 0.05) is 18.8 Å². The highest BCUT2D eigenvalue weighted by Gasteiger charge is 2.15. The van der Waals surface area contributed by atoms with Crippen LogP contribution in [-0.4, -0.2) is 48.7 Å². The summed E-state index contributed by atoms with van der Waals surface area (Å²) in [6, 6.07) is 5.10.